The number of rotatable bonds is 1. The highest BCUT2D eigenvalue weighted by atomic mass is 127. The zero-order valence-electron chi connectivity index (χ0n) is 5.90. The van der Waals surface area contributed by atoms with Crippen molar-refractivity contribution in [1.82, 2.24) is 4.98 Å². The number of aromatic nitrogens is 1. The van der Waals surface area contributed by atoms with Crippen LogP contribution in [0.3, 0.4) is 0 Å². The van der Waals surface area contributed by atoms with Crippen molar-refractivity contribution < 1.29 is 17.9 Å². The van der Waals surface area contributed by atoms with Crippen molar-refractivity contribution in [3.63, 3.8) is 0 Å². The molecule has 0 fully saturated rings. The van der Waals surface area contributed by atoms with Gasteiger partial charge < -0.3 is 4.74 Å². The minimum atomic E-state index is -4.73. The largest absolute Gasteiger partial charge is 0.574 e. The maximum Gasteiger partial charge on any atom is 0.574 e. The quantitative estimate of drug-likeness (QED) is 0.585. The van der Waals surface area contributed by atoms with Crippen LogP contribution in [0, 0.1) is 3.57 Å². The van der Waals surface area contributed by atoms with Gasteiger partial charge in [0, 0.05) is 6.07 Å². The number of hydrogen-bond acceptors (Lipinski definition) is 2. The Bertz CT molecular complexity index is 317. The molecule has 0 saturated carbocycles. The Labute approximate surface area is 90.2 Å². The first-order valence-corrected chi connectivity index (χ1v) is 4.42. The van der Waals surface area contributed by atoms with Crippen molar-refractivity contribution in [3.05, 3.63) is 20.9 Å². The van der Waals surface area contributed by atoms with Crippen LogP contribution in [0.5, 0.6) is 5.88 Å². The number of ether oxygens (including phenoxy) is 1. The Kier molecular flexibility index (Phi) is 3.23. The van der Waals surface area contributed by atoms with E-state index in [4.69, 9.17) is 11.6 Å². The summed E-state index contributed by atoms with van der Waals surface area (Å²) in [7, 11) is 0. The molecule has 0 aromatic carbocycles. The Balaban J connectivity index is 2.86. The molecule has 7 heteroatoms. The third-order valence-corrected chi connectivity index (χ3v) is 2.48. The molecule has 0 unspecified atom stereocenters. The Morgan fingerprint density at radius 2 is 2.00 bits per heavy atom. The van der Waals surface area contributed by atoms with Crippen molar-refractivity contribution >= 4 is 34.2 Å². The van der Waals surface area contributed by atoms with Gasteiger partial charge in [0.05, 0.1) is 3.57 Å². The molecule has 0 aliphatic rings. The number of hydrogen-bond donors (Lipinski definition) is 0. The van der Waals surface area contributed by atoms with Crippen LogP contribution < -0.4 is 4.74 Å². The number of halogens is 5. The fourth-order valence-electron chi connectivity index (χ4n) is 0.576. The maximum atomic E-state index is 11.7. The minimum Gasteiger partial charge on any atom is -0.388 e. The van der Waals surface area contributed by atoms with E-state index in [2.05, 4.69) is 9.72 Å². The minimum absolute atomic E-state index is 0.0117. The van der Waals surface area contributed by atoms with Gasteiger partial charge >= 0.3 is 6.36 Å². The van der Waals surface area contributed by atoms with Crippen LogP contribution in [0.4, 0.5) is 13.2 Å². The van der Waals surface area contributed by atoms with Crippen molar-refractivity contribution in [2.24, 2.45) is 0 Å². The normalized spacial score (nSPS) is 11.5. The van der Waals surface area contributed by atoms with Gasteiger partial charge in [0.15, 0.2) is 0 Å². The smallest absolute Gasteiger partial charge is 0.388 e. The molecule has 0 radical (unpaired) electrons. The molecule has 0 aliphatic heterocycles. The van der Waals surface area contributed by atoms with Gasteiger partial charge in [-0.05, 0) is 28.7 Å². The van der Waals surface area contributed by atoms with E-state index in [0.717, 1.165) is 6.07 Å². The first-order chi connectivity index (χ1) is 5.88. The summed E-state index contributed by atoms with van der Waals surface area (Å²) in [4.78, 5) is 3.37. The highest BCUT2D eigenvalue weighted by Gasteiger charge is 2.31. The lowest BCUT2D eigenvalue weighted by Crippen LogP contribution is -2.17. The molecule has 13 heavy (non-hydrogen) atoms. The summed E-state index contributed by atoms with van der Waals surface area (Å²) in [5.41, 5.74) is 0. The summed E-state index contributed by atoms with van der Waals surface area (Å²) >= 11 is 7.32. The maximum absolute atomic E-state index is 11.7. The summed E-state index contributed by atoms with van der Waals surface area (Å²) in [6, 6.07) is 2.48. The fraction of sp³-hybridized carbons (Fsp3) is 0.167. The molecular formula is C6H2ClF3INO. The van der Waals surface area contributed by atoms with Crippen LogP contribution in [0.25, 0.3) is 0 Å². The zero-order chi connectivity index (χ0) is 10.1. The zero-order valence-corrected chi connectivity index (χ0v) is 8.81. The third-order valence-electron chi connectivity index (χ3n) is 0.998. The molecule has 1 aromatic rings. The lowest BCUT2D eigenvalue weighted by Gasteiger charge is -2.07. The van der Waals surface area contributed by atoms with Crippen LogP contribution in [0.1, 0.15) is 0 Å². The van der Waals surface area contributed by atoms with E-state index in [1.54, 1.807) is 0 Å². The highest BCUT2D eigenvalue weighted by Crippen LogP contribution is 2.24. The van der Waals surface area contributed by atoms with Crippen molar-refractivity contribution in [3.8, 4) is 5.88 Å². The lowest BCUT2D eigenvalue weighted by molar-refractivity contribution is -0.276. The Morgan fingerprint density at radius 1 is 1.38 bits per heavy atom. The van der Waals surface area contributed by atoms with Gasteiger partial charge in [0.1, 0.15) is 5.15 Å². The van der Waals surface area contributed by atoms with Gasteiger partial charge in [0.25, 0.3) is 0 Å². The summed E-state index contributed by atoms with van der Waals surface area (Å²) in [5, 5.41) is -0.0117. The van der Waals surface area contributed by atoms with Gasteiger partial charge in [-0.1, -0.05) is 11.6 Å². The number of pyridine rings is 1. The van der Waals surface area contributed by atoms with Crippen LogP contribution in [-0.4, -0.2) is 11.3 Å². The van der Waals surface area contributed by atoms with E-state index in [9.17, 15) is 13.2 Å². The summed E-state index contributed by atoms with van der Waals surface area (Å²) in [6.07, 6.45) is -4.73. The number of alkyl halides is 3. The molecular weight excluding hydrogens is 321 g/mol. The van der Waals surface area contributed by atoms with E-state index in [1.807, 2.05) is 22.6 Å². The second-order valence-corrected chi connectivity index (χ2v) is 3.49. The molecule has 0 aliphatic carbocycles. The van der Waals surface area contributed by atoms with Crippen LogP contribution in [0.2, 0.25) is 5.15 Å². The summed E-state index contributed by atoms with van der Waals surface area (Å²) in [5.74, 6) is -0.557. The summed E-state index contributed by atoms with van der Waals surface area (Å²) < 4.78 is 39.1. The van der Waals surface area contributed by atoms with Crippen LogP contribution in [-0.2, 0) is 0 Å². The number of nitrogens with zero attached hydrogens (tertiary/aromatic N) is 1. The van der Waals surface area contributed by atoms with Crippen molar-refractivity contribution in [2.75, 3.05) is 0 Å². The van der Waals surface area contributed by atoms with Crippen LogP contribution in [0.15, 0.2) is 12.1 Å². The predicted octanol–water partition coefficient (Wildman–Crippen LogP) is 3.24. The monoisotopic (exact) mass is 323 g/mol. The van der Waals surface area contributed by atoms with Gasteiger partial charge in [-0.2, -0.15) is 0 Å². The van der Waals surface area contributed by atoms with Gasteiger partial charge in [0.2, 0.25) is 5.88 Å². The molecule has 0 N–H and O–H groups in total. The molecule has 1 aromatic heterocycles. The molecule has 72 valence electrons. The molecule has 0 atom stereocenters. The first kappa shape index (κ1) is 10.8. The van der Waals surface area contributed by atoms with Crippen LogP contribution >= 0.6 is 34.2 Å². The molecule has 0 saturated heterocycles. The van der Waals surface area contributed by atoms with Gasteiger partial charge in [-0.15, -0.1) is 13.2 Å². The third kappa shape index (κ3) is 3.55. The fourth-order valence-corrected chi connectivity index (χ4v) is 1.02. The van der Waals surface area contributed by atoms with E-state index < -0.39 is 12.2 Å². The Hall–Kier alpha value is -0.240. The molecule has 1 heterocycles. The molecule has 0 bridgehead atoms. The molecule has 0 spiro atoms. The van der Waals surface area contributed by atoms with E-state index in [-0.39, 0.29) is 5.15 Å². The summed E-state index contributed by atoms with van der Waals surface area (Å²) in [6.45, 7) is 0. The van der Waals surface area contributed by atoms with Crippen molar-refractivity contribution in [1.29, 1.82) is 0 Å². The highest BCUT2D eigenvalue weighted by molar-refractivity contribution is 14.1. The SMILES string of the molecule is FC(F)(F)Oc1ccc(I)c(Cl)n1. The van der Waals surface area contributed by atoms with Gasteiger partial charge in [-0.25, -0.2) is 4.98 Å². The van der Waals surface area contributed by atoms with E-state index in [1.165, 1.54) is 6.07 Å². The van der Waals surface area contributed by atoms with Gasteiger partial charge in [-0.3, -0.25) is 0 Å². The Morgan fingerprint density at radius 3 is 2.46 bits per heavy atom. The lowest BCUT2D eigenvalue weighted by atomic mass is 10.5. The topological polar surface area (TPSA) is 22.1 Å². The standard InChI is InChI=1S/C6H2ClF3INO/c7-5-3(11)1-2-4(12-5)13-6(8,9)10/h1-2H. The van der Waals surface area contributed by atoms with E-state index in [0.29, 0.717) is 3.57 Å². The predicted molar refractivity (Wildman–Crippen MR) is 48.6 cm³/mol. The van der Waals surface area contributed by atoms with E-state index >= 15 is 0 Å². The van der Waals surface area contributed by atoms with Crippen molar-refractivity contribution in [2.45, 2.75) is 6.36 Å². The second kappa shape index (κ2) is 3.87. The molecule has 1 rings (SSSR count). The first-order valence-electron chi connectivity index (χ1n) is 2.96. The average molecular weight is 323 g/mol. The molecule has 0 amide bonds. The second-order valence-electron chi connectivity index (χ2n) is 1.97. The average Bonchev–Trinajstić information content (AvgIpc) is 1.94. The molecule has 2 nitrogen and oxygen atoms in total.